The first-order valence-corrected chi connectivity index (χ1v) is 8.15. The number of benzene rings is 2. The number of nitrogens with zero attached hydrogens (tertiary/aromatic N) is 3. The molecular formula is C18H15ClN4O3. The van der Waals surface area contributed by atoms with Crippen molar-refractivity contribution in [1.29, 1.82) is 0 Å². The van der Waals surface area contributed by atoms with Crippen LogP contribution in [0.3, 0.4) is 0 Å². The van der Waals surface area contributed by atoms with Crippen molar-refractivity contribution in [1.82, 2.24) is 9.78 Å². The normalized spacial score (nSPS) is 10.5. The van der Waals surface area contributed by atoms with Gasteiger partial charge in [0.1, 0.15) is 5.56 Å². The molecule has 0 aliphatic carbocycles. The van der Waals surface area contributed by atoms with Crippen LogP contribution in [-0.2, 0) is 6.54 Å². The minimum atomic E-state index is -0.585. The number of anilines is 1. The molecule has 26 heavy (non-hydrogen) atoms. The van der Waals surface area contributed by atoms with Crippen LogP contribution < -0.4 is 5.32 Å². The SMILES string of the molecule is Cc1cc(NC(=O)c2ccccc2[N+](=O)[O-])nn1Cc1cccc(Cl)c1. The van der Waals surface area contributed by atoms with Gasteiger partial charge >= 0.3 is 0 Å². The number of nitro benzene ring substituents is 1. The van der Waals surface area contributed by atoms with Gasteiger partial charge in [-0.05, 0) is 30.7 Å². The summed E-state index contributed by atoms with van der Waals surface area (Å²) in [6.07, 6.45) is 0. The predicted molar refractivity (Wildman–Crippen MR) is 98.6 cm³/mol. The minimum Gasteiger partial charge on any atom is -0.305 e. The molecule has 1 amide bonds. The summed E-state index contributed by atoms with van der Waals surface area (Å²) in [4.78, 5) is 22.9. The fourth-order valence-electron chi connectivity index (χ4n) is 2.55. The highest BCUT2D eigenvalue weighted by Crippen LogP contribution is 2.20. The summed E-state index contributed by atoms with van der Waals surface area (Å²) in [5.41, 5.74) is 1.54. The van der Waals surface area contributed by atoms with E-state index < -0.39 is 10.8 Å². The van der Waals surface area contributed by atoms with Gasteiger partial charge in [-0.1, -0.05) is 35.9 Å². The molecule has 0 aliphatic heterocycles. The molecule has 0 saturated carbocycles. The molecule has 2 aromatic carbocycles. The molecule has 1 aromatic heterocycles. The molecule has 8 heteroatoms. The Morgan fingerprint density at radius 1 is 1.23 bits per heavy atom. The van der Waals surface area contributed by atoms with Gasteiger partial charge in [0, 0.05) is 22.8 Å². The van der Waals surface area contributed by atoms with Gasteiger partial charge in [-0.2, -0.15) is 5.10 Å². The number of hydrogen-bond acceptors (Lipinski definition) is 4. The van der Waals surface area contributed by atoms with Gasteiger partial charge in [0.15, 0.2) is 5.82 Å². The van der Waals surface area contributed by atoms with E-state index in [4.69, 9.17) is 11.6 Å². The standard InChI is InChI=1S/C18H15ClN4O3/c1-12-9-17(21-22(12)11-13-5-4-6-14(19)10-13)20-18(24)15-7-2-3-8-16(15)23(25)26/h2-10H,11H2,1H3,(H,20,21,24). The first kappa shape index (κ1) is 17.6. The maximum atomic E-state index is 12.4. The molecule has 1 heterocycles. The van der Waals surface area contributed by atoms with E-state index in [1.165, 1.54) is 18.2 Å². The van der Waals surface area contributed by atoms with Crippen LogP contribution in [0.2, 0.25) is 5.02 Å². The molecule has 0 aliphatic rings. The van der Waals surface area contributed by atoms with Crippen molar-refractivity contribution in [3.8, 4) is 0 Å². The fraction of sp³-hybridized carbons (Fsp3) is 0.111. The number of carbonyl (C=O) groups is 1. The molecule has 132 valence electrons. The maximum Gasteiger partial charge on any atom is 0.282 e. The minimum absolute atomic E-state index is 0.0143. The average Bonchev–Trinajstić information content (AvgIpc) is 2.94. The van der Waals surface area contributed by atoms with E-state index >= 15 is 0 Å². The number of para-hydroxylation sites is 1. The first-order valence-electron chi connectivity index (χ1n) is 7.77. The van der Waals surface area contributed by atoms with E-state index in [1.54, 1.807) is 22.9 Å². The number of carbonyl (C=O) groups excluding carboxylic acids is 1. The van der Waals surface area contributed by atoms with E-state index in [2.05, 4.69) is 10.4 Å². The lowest BCUT2D eigenvalue weighted by atomic mass is 10.1. The number of nitro groups is 1. The van der Waals surface area contributed by atoms with Gasteiger partial charge < -0.3 is 5.32 Å². The molecule has 0 fully saturated rings. The third-order valence-corrected chi connectivity index (χ3v) is 4.02. The molecule has 3 aromatic rings. The summed E-state index contributed by atoms with van der Waals surface area (Å²) in [5, 5.41) is 18.7. The Labute approximate surface area is 154 Å². The van der Waals surface area contributed by atoms with E-state index in [9.17, 15) is 14.9 Å². The molecule has 0 radical (unpaired) electrons. The highest BCUT2D eigenvalue weighted by Gasteiger charge is 2.20. The van der Waals surface area contributed by atoms with Gasteiger partial charge in [0.25, 0.3) is 11.6 Å². The lowest BCUT2D eigenvalue weighted by molar-refractivity contribution is -0.385. The number of hydrogen-bond donors (Lipinski definition) is 1. The third kappa shape index (κ3) is 3.89. The summed E-state index contributed by atoms with van der Waals surface area (Å²) < 4.78 is 1.72. The summed E-state index contributed by atoms with van der Waals surface area (Å²) in [7, 11) is 0. The van der Waals surface area contributed by atoms with Gasteiger partial charge in [-0.3, -0.25) is 19.6 Å². The van der Waals surface area contributed by atoms with Gasteiger partial charge in [-0.15, -0.1) is 0 Å². The second-order valence-electron chi connectivity index (χ2n) is 5.69. The summed E-state index contributed by atoms with van der Waals surface area (Å²) in [6.45, 7) is 2.35. The van der Waals surface area contributed by atoms with Crippen LogP contribution >= 0.6 is 11.6 Å². The van der Waals surface area contributed by atoms with Crippen molar-refractivity contribution in [3.05, 3.63) is 86.6 Å². The Hall–Kier alpha value is -3.19. The van der Waals surface area contributed by atoms with Crippen LogP contribution in [0.4, 0.5) is 11.5 Å². The lowest BCUT2D eigenvalue weighted by Crippen LogP contribution is -2.14. The van der Waals surface area contributed by atoms with E-state index in [0.29, 0.717) is 17.4 Å². The molecule has 0 saturated heterocycles. The van der Waals surface area contributed by atoms with Gasteiger partial charge in [0.2, 0.25) is 0 Å². The number of aryl methyl sites for hydroxylation is 1. The average molecular weight is 371 g/mol. The zero-order chi connectivity index (χ0) is 18.7. The van der Waals surface area contributed by atoms with Crippen molar-refractivity contribution in [2.45, 2.75) is 13.5 Å². The number of halogens is 1. The number of aromatic nitrogens is 2. The quantitative estimate of drug-likeness (QED) is 0.541. The van der Waals surface area contributed by atoms with Crippen LogP contribution in [0.25, 0.3) is 0 Å². The molecule has 0 spiro atoms. The third-order valence-electron chi connectivity index (χ3n) is 3.79. The predicted octanol–water partition coefficient (Wildman–Crippen LogP) is 4.05. The second-order valence-corrected chi connectivity index (χ2v) is 6.12. The molecule has 3 rings (SSSR count). The highest BCUT2D eigenvalue weighted by molar-refractivity contribution is 6.30. The van der Waals surface area contributed by atoms with Gasteiger partial charge in [-0.25, -0.2) is 0 Å². The monoisotopic (exact) mass is 370 g/mol. The molecule has 7 nitrogen and oxygen atoms in total. The van der Waals surface area contributed by atoms with Crippen molar-refractivity contribution in [2.24, 2.45) is 0 Å². The number of amides is 1. The smallest absolute Gasteiger partial charge is 0.282 e. The molecule has 0 atom stereocenters. The molecule has 1 N–H and O–H groups in total. The second kappa shape index (κ2) is 7.37. The Balaban J connectivity index is 1.79. The first-order chi connectivity index (χ1) is 12.4. The van der Waals surface area contributed by atoms with Crippen molar-refractivity contribution in [2.75, 3.05) is 5.32 Å². The van der Waals surface area contributed by atoms with Crippen molar-refractivity contribution in [3.63, 3.8) is 0 Å². The lowest BCUT2D eigenvalue weighted by Gasteiger charge is -2.05. The Kier molecular flexibility index (Phi) is 4.99. The van der Waals surface area contributed by atoms with Crippen LogP contribution in [0.1, 0.15) is 21.6 Å². The topological polar surface area (TPSA) is 90.1 Å². The fourth-order valence-corrected chi connectivity index (χ4v) is 2.76. The summed E-state index contributed by atoms with van der Waals surface area (Å²) in [6, 6.07) is 14.9. The Bertz CT molecular complexity index is 984. The number of rotatable bonds is 5. The van der Waals surface area contributed by atoms with Crippen LogP contribution in [-0.4, -0.2) is 20.6 Å². The van der Waals surface area contributed by atoms with Crippen LogP contribution in [0, 0.1) is 17.0 Å². The van der Waals surface area contributed by atoms with Gasteiger partial charge in [0.05, 0.1) is 11.5 Å². The van der Waals surface area contributed by atoms with E-state index in [-0.39, 0.29) is 11.3 Å². The number of nitrogens with one attached hydrogen (secondary N) is 1. The highest BCUT2D eigenvalue weighted by atomic mass is 35.5. The molecular weight excluding hydrogens is 356 g/mol. The van der Waals surface area contributed by atoms with Crippen molar-refractivity contribution < 1.29 is 9.72 Å². The zero-order valence-electron chi connectivity index (χ0n) is 13.8. The Morgan fingerprint density at radius 3 is 2.73 bits per heavy atom. The van der Waals surface area contributed by atoms with Crippen molar-refractivity contribution >= 4 is 29.0 Å². The van der Waals surface area contributed by atoms with E-state index in [0.717, 1.165) is 11.3 Å². The zero-order valence-corrected chi connectivity index (χ0v) is 14.6. The maximum absolute atomic E-state index is 12.4. The molecule has 0 unspecified atom stereocenters. The van der Waals surface area contributed by atoms with Crippen LogP contribution in [0.5, 0.6) is 0 Å². The van der Waals surface area contributed by atoms with E-state index in [1.807, 2.05) is 25.1 Å². The summed E-state index contributed by atoms with van der Waals surface area (Å²) in [5.74, 6) is -0.252. The summed E-state index contributed by atoms with van der Waals surface area (Å²) >= 11 is 5.99. The Morgan fingerprint density at radius 2 is 2.00 bits per heavy atom. The largest absolute Gasteiger partial charge is 0.305 e. The molecule has 0 bridgehead atoms. The van der Waals surface area contributed by atoms with Crippen LogP contribution in [0.15, 0.2) is 54.6 Å².